The Hall–Kier alpha value is -3.35. The minimum absolute atomic E-state index is 0.0348. The van der Waals surface area contributed by atoms with Crippen LogP contribution in [-0.4, -0.2) is 37.6 Å². The van der Waals surface area contributed by atoms with Crippen molar-refractivity contribution in [3.05, 3.63) is 59.2 Å². The average molecular weight is 397 g/mol. The van der Waals surface area contributed by atoms with Gasteiger partial charge in [-0.25, -0.2) is 4.79 Å². The van der Waals surface area contributed by atoms with Crippen molar-refractivity contribution in [1.29, 1.82) is 0 Å². The number of hydrogen-bond acceptors (Lipinski definition) is 6. The van der Waals surface area contributed by atoms with Crippen LogP contribution in [0.2, 0.25) is 0 Å². The van der Waals surface area contributed by atoms with Crippen molar-refractivity contribution in [2.75, 3.05) is 19.8 Å². The van der Waals surface area contributed by atoms with Crippen LogP contribution in [0.3, 0.4) is 0 Å². The molecule has 3 rings (SSSR count). The summed E-state index contributed by atoms with van der Waals surface area (Å²) in [6.07, 6.45) is 0. The summed E-state index contributed by atoms with van der Waals surface area (Å²) in [4.78, 5) is 36.3. The molecule has 7 nitrogen and oxygen atoms in total. The molecule has 1 N–H and O–H groups in total. The van der Waals surface area contributed by atoms with Gasteiger partial charge in [-0.1, -0.05) is 32.9 Å². The summed E-state index contributed by atoms with van der Waals surface area (Å²) >= 11 is 0. The smallest absolute Gasteiger partial charge is 0.338 e. The second-order valence-corrected chi connectivity index (χ2v) is 7.64. The van der Waals surface area contributed by atoms with E-state index in [4.69, 9.17) is 14.2 Å². The number of benzene rings is 2. The fourth-order valence-electron chi connectivity index (χ4n) is 2.74. The van der Waals surface area contributed by atoms with Gasteiger partial charge in [0.25, 0.3) is 11.8 Å². The van der Waals surface area contributed by atoms with Gasteiger partial charge in [0.05, 0.1) is 5.56 Å². The van der Waals surface area contributed by atoms with E-state index in [0.717, 1.165) is 5.56 Å². The third-order valence-electron chi connectivity index (χ3n) is 4.38. The molecule has 0 aromatic heterocycles. The quantitative estimate of drug-likeness (QED) is 0.798. The van der Waals surface area contributed by atoms with E-state index in [0.29, 0.717) is 30.3 Å². The van der Waals surface area contributed by atoms with E-state index < -0.39 is 24.4 Å². The van der Waals surface area contributed by atoms with E-state index in [1.54, 1.807) is 18.2 Å². The number of rotatable bonds is 4. The van der Waals surface area contributed by atoms with Crippen molar-refractivity contribution in [1.82, 2.24) is 5.32 Å². The molecule has 0 fully saturated rings. The maximum absolute atomic E-state index is 12.2. The fraction of sp³-hybridized carbons (Fsp3) is 0.318. The van der Waals surface area contributed by atoms with E-state index in [1.807, 2.05) is 12.1 Å². The van der Waals surface area contributed by atoms with Crippen LogP contribution in [-0.2, 0) is 14.9 Å². The van der Waals surface area contributed by atoms with Crippen LogP contribution in [0.25, 0.3) is 0 Å². The summed E-state index contributed by atoms with van der Waals surface area (Å²) in [7, 11) is 0. The first kappa shape index (κ1) is 20.4. The highest BCUT2D eigenvalue weighted by molar-refractivity contribution is 6.05. The summed E-state index contributed by atoms with van der Waals surface area (Å²) < 4.78 is 15.8. The average Bonchev–Trinajstić information content (AvgIpc) is 2.71. The second-order valence-electron chi connectivity index (χ2n) is 7.64. The van der Waals surface area contributed by atoms with Gasteiger partial charge < -0.3 is 14.2 Å². The molecule has 0 aliphatic carbocycles. The van der Waals surface area contributed by atoms with Crippen LogP contribution in [0.1, 0.15) is 47.1 Å². The summed E-state index contributed by atoms with van der Waals surface area (Å²) in [5, 5.41) is 2.21. The van der Waals surface area contributed by atoms with Crippen molar-refractivity contribution in [3.63, 3.8) is 0 Å². The van der Waals surface area contributed by atoms with Crippen LogP contribution in [0, 0.1) is 0 Å². The van der Waals surface area contributed by atoms with Crippen molar-refractivity contribution >= 4 is 17.8 Å². The van der Waals surface area contributed by atoms with E-state index in [-0.39, 0.29) is 11.0 Å². The maximum Gasteiger partial charge on any atom is 0.338 e. The largest absolute Gasteiger partial charge is 0.486 e. The zero-order chi connectivity index (χ0) is 21.0. The van der Waals surface area contributed by atoms with Gasteiger partial charge >= 0.3 is 5.97 Å². The molecule has 0 atom stereocenters. The second kappa shape index (κ2) is 8.34. The normalized spacial score (nSPS) is 12.8. The molecule has 0 saturated heterocycles. The number of hydrogen-bond donors (Lipinski definition) is 1. The van der Waals surface area contributed by atoms with Gasteiger partial charge in [0.1, 0.15) is 13.2 Å². The highest BCUT2D eigenvalue weighted by Gasteiger charge is 2.18. The molecule has 29 heavy (non-hydrogen) atoms. The van der Waals surface area contributed by atoms with Crippen LogP contribution >= 0.6 is 0 Å². The molecule has 0 saturated carbocycles. The molecule has 1 aliphatic heterocycles. The molecule has 2 amide bonds. The Morgan fingerprint density at radius 1 is 0.931 bits per heavy atom. The SMILES string of the molecule is CC(C)(C)c1ccc(C(=O)NC(=O)COC(=O)c2ccc3c(c2)OCCO3)cc1. The lowest BCUT2D eigenvalue weighted by molar-refractivity contribution is -0.123. The molecule has 1 aliphatic rings. The fourth-order valence-corrected chi connectivity index (χ4v) is 2.74. The zero-order valence-electron chi connectivity index (χ0n) is 16.6. The van der Waals surface area contributed by atoms with Gasteiger partial charge in [-0.2, -0.15) is 0 Å². The Kier molecular flexibility index (Phi) is 5.87. The van der Waals surface area contributed by atoms with Crippen molar-refractivity contribution < 1.29 is 28.6 Å². The Balaban J connectivity index is 1.53. The highest BCUT2D eigenvalue weighted by Crippen LogP contribution is 2.30. The van der Waals surface area contributed by atoms with Crippen LogP contribution in [0.5, 0.6) is 11.5 Å². The molecule has 2 aromatic carbocycles. The number of imide groups is 1. The van der Waals surface area contributed by atoms with E-state index in [9.17, 15) is 14.4 Å². The zero-order valence-corrected chi connectivity index (χ0v) is 16.6. The number of amides is 2. The number of nitrogens with one attached hydrogen (secondary N) is 1. The Morgan fingerprint density at radius 2 is 1.55 bits per heavy atom. The minimum atomic E-state index is -0.708. The summed E-state index contributed by atoms with van der Waals surface area (Å²) in [6, 6.07) is 11.6. The first-order chi connectivity index (χ1) is 13.7. The molecule has 0 bridgehead atoms. The lowest BCUT2D eigenvalue weighted by Crippen LogP contribution is -2.34. The summed E-state index contributed by atoms with van der Waals surface area (Å²) in [5.74, 6) is -0.955. The monoisotopic (exact) mass is 397 g/mol. The number of esters is 1. The minimum Gasteiger partial charge on any atom is -0.486 e. The van der Waals surface area contributed by atoms with E-state index in [2.05, 4.69) is 26.1 Å². The number of ether oxygens (including phenoxy) is 3. The molecule has 0 radical (unpaired) electrons. The first-order valence-corrected chi connectivity index (χ1v) is 9.25. The van der Waals surface area contributed by atoms with E-state index in [1.165, 1.54) is 12.1 Å². The molecular weight excluding hydrogens is 374 g/mol. The van der Waals surface area contributed by atoms with Gasteiger partial charge in [0.15, 0.2) is 18.1 Å². The Bertz CT molecular complexity index is 927. The molecule has 0 unspecified atom stereocenters. The molecule has 2 aromatic rings. The molecule has 152 valence electrons. The Morgan fingerprint density at radius 3 is 2.21 bits per heavy atom. The van der Waals surface area contributed by atoms with Gasteiger partial charge in [0, 0.05) is 5.56 Å². The molecule has 7 heteroatoms. The van der Waals surface area contributed by atoms with Gasteiger partial charge in [0.2, 0.25) is 0 Å². The maximum atomic E-state index is 12.2. The molecular formula is C22H23NO6. The number of carbonyl (C=O) groups excluding carboxylic acids is 3. The summed E-state index contributed by atoms with van der Waals surface area (Å²) in [5.41, 5.74) is 1.62. The van der Waals surface area contributed by atoms with Gasteiger partial charge in [-0.05, 0) is 41.3 Å². The predicted molar refractivity (Wildman–Crippen MR) is 105 cm³/mol. The lowest BCUT2D eigenvalue weighted by Gasteiger charge is -2.19. The third kappa shape index (κ3) is 5.13. The molecule has 0 spiro atoms. The van der Waals surface area contributed by atoms with Crippen LogP contribution in [0.4, 0.5) is 0 Å². The lowest BCUT2D eigenvalue weighted by atomic mass is 9.87. The Labute approximate surface area is 169 Å². The van der Waals surface area contributed by atoms with Crippen LogP contribution in [0.15, 0.2) is 42.5 Å². The van der Waals surface area contributed by atoms with Gasteiger partial charge in [-0.3, -0.25) is 14.9 Å². The third-order valence-corrected chi connectivity index (χ3v) is 4.38. The van der Waals surface area contributed by atoms with Crippen molar-refractivity contribution in [3.8, 4) is 11.5 Å². The first-order valence-electron chi connectivity index (χ1n) is 9.25. The number of carbonyl (C=O) groups is 3. The van der Waals surface area contributed by atoms with E-state index >= 15 is 0 Å². The summed E-state index contributed by atoms with van der Waals surface area (Å²) in [6.45, 7) is 6.49. The van der Waals surface area contributed by atoms with Gasteiger partial charge in [-0.15, -0.1) is 0 Å². The van der Waals surface area contributed by atoms with Crippen molar-refractivity contribution in [2.24, 2.45) is 0 Å². The topological polar surface area (TPSA) is 90.9 Å². The molecule has 1 heterocycles. The number of fused-ring (bicyclic) bond motifs is 1. The predicted octanol–water partition coefficient (Wildman–Crippen LogP) is 2.87. The van der Waals surface area contributed by atoms with Crippen LogP contribution < -0.4 is 14.8 Å². The standard InChI is InChI=1S/C22H23NO6/c1-22(2,3)16-7-4-14(5-8-16)20(25)23-19(24)13-29-21(26)15-6-9-17-18(12-15)28-11-10-27-17/h4-9,12H,10-11,13H2,1-3H3,(H,23,24,25). The van der Waals surface area contributed by atoms with Crippen molar-refractivity contribution in [2.45, 2.75) is 26.2 Å². The highest BCUT2D eigenvalue weighted by atomic mass is 16.6.